The largest absolute Gasteiger partial charge is 0.469 e. The summed E-state index contributed by atoms with van der Waals surface area (Å²) in [5, 5.41) is 0. The smallest absolute Gasteiger partial charge is 0.310 e. The van der Waals surface area contributed by atoms with E-state index >= 15 is 0 Å². The molecule has 0 atom stereocenters. The molecule has 0 saturated carbocycles. The Morgan fingerprint density at radius 1 is 0.880 bits per heavy atom. The Hall–Kier alpha value is -1.57. The number of esters is 1. The van der Waals surface area contributed by atoms with Crippen LogP contribution in [0.2, 0.25) is 0 Å². The summed E-state index contributed by atoms with van der Waals surface area (Å²) in [4.78, 5) is 16.4. The van der Waals surface area contributed by atoms with Crippen molar-refractivity contribution >= 4 is 5.97 Å². The summed E-state index contributed by atoms with van der Waals surface area (Å²) in [5.74, 6) is 12.0. The summed E-state index contributed by atoms with van der Waals surface area (Å²) in [5.41, 5.74) is 0. The number of methoxy groups -OCH3 is 1. The van der Waals surface area contributed by atoms with E-state index < -0.39 is 0 Å². The second-order valence-corrected chi connectivity index (χ2v) is 6.11. The molecule has 0 radical (unpaired) electrons. The van der Waals surface area contributed by atoms with Crippen LogP contribution in [0.1, 0.15) is 12.8 Å². The SMILES string of the molecule is COC(=O)C(CC#CCN1CCOCC1)CC#CCN1CCOCC1. The van der Waals surface area contributed by atoms with Crippen LogP contribution in [0.5, 0.6) is 0 Å². The topological polar surface area (TPSA) is 51.2 Å². The molecule has 0 spiro atoms. The van der Waals surface area contributed by atoms with E-state index in [1.54, 1.807) is 0 Å². The van der Waals surface area contributed by atoms with Gasteiger partial charge >= 0.3 is 5.97 Å². The van der Waals surface area contributed by atoms with E-state index in [4.69, 9.17) is 14.2 Å². The van der Waals surface area contributed by atoms with Crippen molar-refractivity contribution in [1.29, 1.82) is 0 Å². The van der Waals surface area contributed by atoms with Crippen LogP contribution in [0, 0.1) is 29.6 Å². The van der Waals surface area contributed by atoms with Crippen molar-refractivity contribution in [2.45, 2.75) is 12.8 Å². The van der Waals surface area contributed by atoms with Crippen molar-refractivity contribution in [2.75, 3.05) is 72.8 Å². The molecule has 138 valence electrons. The van der Waals surface area contributed by atoms with Gasteiger partial charge in [-0.1, -0.05) is 11.8 Å². The van der Waals surface area contributed by atoms with Crippen molar-refractivity contribution in [3.63, 3.8) is 0 Å². The van der Waals surface area contributed by atoms with Crippen LogP contribution in [0.25, 0.3) is 0 Å². The van der Waals surface area contributed by atoms with E-state index in [9.17, 15) is 4.79 Å². The molecular formula is C19H28N2O4. The molecule has 6 nitrogen and oxygen atoms in total. The Bertz CT molecular complexity index is 477. The number of carbonyl (C=O) groups excluding carboxylic acids is 1. The van der Waals surface area contributed by atoms with Gasteiger partial charge in [0.15, 0.2) is 0 Å². The summed E-state index contributed by atoms with van der Waals surface area (Å²) < 4.78 is 15.5. The normalized spacial score (nSPS) is 18.8. The molecule has 0 aliphatic carbocycles. The zero-order valence-electron chi connectivity index (χ0n) is 15.1. The third kappa shape index (κ3) is 7.90. The summed E-state index contributed by atoms with van der Waals surface area (Å²) in [6.45, 7) is 8.20. The van der Waals surface area contributed by atoms with Gasteiger partial charge in [-0.05, 0) is 0 Å². The van der Waals surface area contributed by atoms with Crippen LogP contribution in [0.15, 0.2) is 0 Å². The fourth-order valence-corrected chi connectivity index (χ4v) is 2.65. The van der Waals surface area contributed by atoms with E-state index in [1.165, 1.54) is 7.11 Å². The molecule has 0 unspecified atom stereocenters. The van der Waals surface area contributed by atoms with Gasteiger partial charge in [0, 0.05) is 39.0 Å². The first-order valence-electron chi connectivity index (χ1n) is 8.89. The van der Waals surface area contributed by atoms with Crippen molar-refractivity contribution in [3.05, 3.63) is 0 Å². The maximum Gasteiger partial charge on any atom is 0.310 e. The average Bonchev–Trinajstić information content (AvgIpc) is 2.67. The van der Waals surface area contributed by atoms with Crippen LogP contribution in [0.3, 0.4) is 0 Å². The van der Waals surface area contributed by atoms with Gasteiger partial charge in [-0.3, -0.25) is 14.6 Å². The Labute approximate surface area is 150 Å². The minimum atomic E-state index is -0.278. The maximum atomic E-state index is 11.9. The van der Waals surface area contributed by atoms with E-state index in [2.05, 4.69) is 33.5 Å². The Morgan fingerprint density at radius 3 is 1.72 bits per heavy atom. The van der Waals surface area contributed by atoms with Crippen molar-refractivity contribution in [2.24, 2.45) is 5.92 Å². The molecule has 2 rings (SSSR count). The quantitative estimate of drug-likeness (QED) is 0.524. The Morgan fingerprint density at radius 2 is 1.32 bits per heavy atom. The van der Waals surface area contributed by atoms with Crippen molar-refractivity contribution in [1.82, 2.24) is 9.80 Å². The lowest BCUT2D eigenvalue weighted by Gasteiger charge is -2.24. The predicted octanol–water partition coefficient (Wildman–Crippen LogP) is 0.227. The number of hydrogen-bond acceptors (Lipinski definition) is 6. The zero-order valence-corrected chi connectivity index (χ0v) is 15.1. The highest BCUT2D eigenvalue weighted by Crippen LogP contribution is 2.09. The van der Waals surface area contributed by atoms with E-state index in [0.717, 1.165) is 65.7 Å². The van der Waals surface area contributed by atoms with Crippen molar-refractivity contribution in [3.8, 4) is 23.7 Å². The lowest BCUT2D eigenvalue weighted by molar-refractivity contribution is -0.145. The highest BCUT2D eigenvalue weighted by molar-refractivity contribution is 5.73. The molecule has 2 fully saturated rings. The molecule has 2 aliphatic rings. The predicted molar refractivity (Wildman–Crippen MR) is 94.8 cm³/mol. The summed E-state index contributed by atoms with van der Waals surface area (Å²) >= 11 is 0. The summed E-state index contributed by atoms with van der Waals surface area (Å²) in [6, 6.07) is 0. The number of hydrogen-bond donors (Lipinski definition) is 0. The van der Waals surface area contributed by atoms with Gasteiger partial charge < -0.3 is 14.2 Å². The van der Waals surface area contributed by atoms with Gasteiger partial charge in [-0.2, -0.15) is 0 Å². The third-order valence-corrected chi connectivity index (χ3v) is 4.29. The maximum absolute atomic E-state index is 11.9. The number of ether oxygens (including phenoxy) is 3. The van der Waals surface area contributed by atoms with E-state index in [0.29, 0.717) is 12.8 Å². The lowest BCUT2D eigenvalue weighted by Crippen LogP contribution is -2.36. The van der Waals surface area contributed by atoms with Crippen LogP contribution in [0.4, 0.5) is 0 Å². The number of carbonyl (C=O) groups is 1. The zero-order chi connectivity index (χ0) is 17.7. The van der Waals surface area contributed by atoms with Crippen LogP contribution in [-0.4, -0.2) is 88.6 Å². The molecule has 0 amide bonds. The molecule has 0 N–H and O–H groups in total. The highest BCUT2D eigenvalue weighted by atomic mass is 16.5. The summed E-state index contributed by atoms with van der Waals surface area (Å²) in [6.07, 6.45) is 0.979. The number of rotatable bonds is 5. The number of nitrogens with zero attached hydrogens (tertiary/aromatic N) is 2. The fraction of sp³-hybridized carbons (Fsp3) is 0.737. The van der Waals surface area contributed by atoms with Gasteiger partial charge in [0.1, 0.15) is 0 Å². The van der Waals surface area contributed by atoms with Gasteiger partial charge in [0.2, 0.25) is 0 Å². The molecule has 2 heterocycles. The molecule has 0 aromatic carbocycles. The minimum Gasteiger partial charge on any atom is -0.469 e. The summed E-state index contributed by atoms with van der Waals surface area (Å²) in [7, 11) is 1.41. The first kappa shape index (κ1) is 19.8. The molecule has 2 saturated heterocycles. The molecule has 6 heteroatoms. The van der Waals surface area contributed by atoms with E-state index in [1.807, 2.05) is 0 Å². The lowest BCUT2D eigenvalue weighted by atomic mass is 10.0. The first-order chi connectivity index (χ1) is 12.3. The third-order valence-electron chi connectivity index (χ3n) is 4.29. The Balaban J connectivity index is 1.73. The minimum absolute atomic E-state index is 0.235. The van der Waals surface area contributed by atoms with Crippen LogP contribution in [-0.2, 0) is 19.0 Å². The molecular weight excluding hydrogens is 320 g/mol. The second kappa shape index (κ2) is 11.9. The second-order valence-electron chi connectivity index (χ2n) is 6.11. The molecule has 0 aromatic heterocycles. The molecule has 0 bridgehead atoms. The van der Waals surface area contributed by atoms with Gasteiger partial charge in [0.05, 0.1) is 52.5 Å². The number of morpholine rings is 2. The van der Waals surface area contributed by atoms with Gasteiger partial charge in [-0.25, -0.2) is 0 Å². The molecule has 0 aromatic rings. The monoisotopic (exact) mass is 348 g/mol. The highest BCUT2D eigenvalue weighted by Gasteiger charge is 2.17. The van der Waals surface area contributed by atoms with E-state index in [-0.39, 0.29) is 11.9 Å². The molecule has 25 heavy (non-hydrogen) atoms. The standard InChI is InChI=1S/C19H28N2O4/c1-23-19(22)18(6-2-4-8-20-10-14-24-15-11-20)7-3-5-9-21-12-16-25-17-13-21/h18H,6-17H2,1H3. The first-order valence-corrected chi connectivity index (χ1v) is 8.89. The molecule has 2 aliphatic heterocycles. The average molecular weight is 348 g/mol. The van der Waals surface area contributed by atoms with Crippen LogP contribution < -0.4 is 0 Å². The Kier molecular flexibility index (Phi) is 9.40. The van der Waals surface area contributed by atoms with Crippen LogP contribution >= 0.6 is 0 Å². The van der Waals surface area contributed by atoms with Gasteiger partial charge in [0.25, 0.3) is 0 Å². The fourth-order valence-electron chi connectivity index (χ4n) is 2.65. The van der Waals surface area contributed by atoms with Crippen molar-refractivity contribution < 1.29 is 19.0 Å². The van der Waals surface area contributed by atoms with Gasteiger partial charge in [-0.15, -0.1) is 11.8 Å².